The van der Waals surface area contributed by atoms with Gasteiger partial charge in [-0.1, -0.05) is 30.3 Å². The van der Waals surface area contributed by atoms with Crippen LogP contribution >= 0.6 is 0 Å². The monoisotopic (exact) mass is 276 g/mol. The molecule has 0 bridgehead atoms. The number of amides is 1. The molecule has 5 heteroatoms. The third-order valence-electron chi connectivity index (χ3n) is 3.66. The van der Waals surface area contributed by atoms with E-state index in [1.165, 1.54) is 0 Å². The van der Waals surface area contributed by atoms with Gasteiger partial charge in [0, 0.05) is 12.0 Å². The molecule has 108 valence electrons. The van der Waals surface area contributed by atoms with Crippen molar-refractivity contribution in [2.24, 2.45) is 5.92 Å². The molecule has 2 unspecified atom stereocenters. The van der Waals surface area contributed by atoms with E-state index in [4.69, 9.17) is 0 Å². The predicted molar refractivity (Wildman–Crippen MR) is 75.2 cm³/mol. The molecule has 1 heterocycles. The summed E-state index contributed by atoms with van der Waals surface area (Å²) in [6.45, 7) is 2.83. The van der Waals surface area contributed by atoms with Crippen molar-refractivity contribution in [3.8, 4) is 0 Å². The maximum atomic E-state index is 12.2. The third kappa shape index (κ3) is 3.57. The average Bonchev–Trinajstić information content (AvgIpc) is 2.45. The highest BCUT2D eigenvalue weighted by Gasteiger charge is 2.29. The van der Waals surface area contributed by atoms with Crippen LogP contribution in [0.2, 0.25) is 0 Å². The lowest BCUT2D eigenvalue weighted by Crippen LogP contribution is -2.44. The van der Waals surface area contributed by atoms with Crippen molar-refractivity contribution in [2.45, 2.75) is 31.8 Å². The molecule has 1 fully saturated rings. The molecule has 5 nitrogen and oxygen atoms in total. The largest absolute Gasteiger partial charge is 0.479 e. The Kier molecular flexibility index (Phi) is 4.74. The summed E-state index contributed by atoms with van der Waals surface area (Å²) in [5.74, 6) is -1.32. The zero-order valence-electron chi connectivity index (χ0n) is 11.5. The summed E-state index contributed by atoms with van der Waals surface area (Å²) in [5.41, 5.74) is 0.593. The van der Waals surface area contributed by atoms with Crippen LogP contribution in [0.25, 0.3) is 0 Å². The number of hydrogen-bond acceptors (Lipinski definition) is 3. The molecule has 1 aliphatic heterocycles. The number of rotatable bonds is 4. The van der Waals surface area contributed by atoms with Crippen LogP contribution in [-0.2, 0) is 9.59 Å². The van der Waals surface area contributed by atoms with Gasteiger partial charge in [-0.05, 0) is 31.9 Å². The molecule has 0 spiro atoms. The Morgan fingerprint density at radius 3 is 2.65 bits per heavy atom. The number of carboxylic acid groups (broad SMARTS) is 1. The van der Waals surface area contributed by atoms with E-state index in [1.807, 2.05) is 13.0 Å². The molecule has 20 heavy (non-hydrogen) atoms. The highest BCUT2D eigenvalue weighted by atomic mass is 16.4. The molecule has 1 amide bonds. The minimum absolute atomic E-state index is 0.114. The Labute approximate surface area is 118 Å². The molecule has 1 aliphatic rings. The van der Waals surface area contributed by atoms with Gasteiger partial charge in [0.15, 0.2) is 6.04 Å². The molecule has 0 saturated carbocycles. The second-order valence-corrected chi connectivity index (χ2v) is 5.27. The summed E-state index contributed by atoms with van der Waals surface area (Å²) >= 11 is 0. The molecular weight excluding hydrogens is 256 g/mol. The summed E-state index contributed by atoms with van der Waals surface area (Å²) in [7, 11) is 0. The number of benzene rings is 1. The highest BCUT2D eigenvalue weighted by molar-refractivity contribution is 5.85. The lowest BCUT2D eigenvalue weighted by atomic mass is 9.92. The van der Waals surface area contributed by atoms with Crippen LogP contribution < -0.4 is 10.6 Å². The number of nitrogens with one attached hydrogen (secondary N) is 2. The van der Waals surface area contributed by atoms with Gasteiger partial charge in [0.1, 0.15) is 0 Å². The Hall–Kier alpha value is -1.88. The zero-order valence-corrected chi connectivity index (χ0v) is 11.5. The fourth-order valence-electron chi connectivity index (χ4n) is 2.56. The summed E-state index contributed by atoms with van der Waals surface area (Å²) in [6, 6.07) is 8.09. The van der Waals surface area contributed by atoms with E-state index in [-0.39, 0.29) is 11.8 Å². The lowest BCUT2D eigenvalue weighted by Gasteiger charge is -2.28. The summed E-state index contributed by atoms with van der Waals surface area (Å²) in [4.78, 5) is 23.6. The fourth-order valence-corrected chi connectivity index (χ4v) is 2.56. The zero-order chi connectivity index (χ0) is 14.5. The van der Waals surface area contributed by atoms with Crippen molar-refractivity contribution in [3.05, 3.63) is 35.9 Å². The van der Waals surface area contributed by atoms with E-state index in [2.05, 4.69) is 10.6 Å². The summed E-state index contributed by atoms with van der Waals surface area (Å²) < 4.78 is 0. The Morgan fingerprint density at radius 2 is 2.05 bits per heavy atom. The van der Waals surface area contributed by atoms with Crippen LogP contribution in [0.3, 0.4) is 0 Å². The van der Waals surface area contributed by atoms with Crippen LogP contribution in [0.1, 0.15) is 31.4 Å². The van der Waals surface area contributed by atoms with Crippen molar-refractivity contribution in [2.75, 3.05) is 6.54 Å². The molecule has 0 aromatic heterocycles. The molecule has 2 rings (SSSR count). The van der Waals surface area contributed by atoms with Crippen molar-refractivity contribution < 1.29 is 14.7 Å². The average molecular weight is 276 g/mol. The van der Waals surface area contributed by atoms with Crippen LogP contribution in [0, 0.1) is 5.92 Å². The second-order valence-electron chi connectivity index (χ2n) is 5.27. The van der Waals surface area contributed by atoms with Gasteiger partial charge in [-0.3, -0.25) is 4.79 Å². The first-order valence-electron chi connectivity index (χ1n) is 6.89. The van der Waals surface area contributed by atoms with E-state index < -0.39 is 12.0 Å². The van der Waals surface area contributed by atoms with Crippen molar-refractivity contribution in [3.63, 3.8) is 0 Å². The SMILES string of the molecule is CC1CC(C(=O)N[C@@H](C(=O)O)c2ccccc2)CCN1. The number of hydrogen-bond donors (Lipinski definition) is 3. The Bertz CT molecular complexity index is 475. The van der Waals surface area contributed by atoms with E-state index in [0.29, 0.717) is 11.6 Å². The maximum absolute atomic E-state index is 12.2. The number of carbonyl (C=O) groups excluding carboxylic acids is 1. The van der Waals surface area contributed by atoms with Crippen LogP contribution in [-0.4, -0.2) is 29.6 Å². The smallest absolute Gasteiger partial charge is 0.330 e. The van der Waals surface area contributed by atoms with Gasteiger partial charge >= 0.3 is 5.97 Å². The van der Waals surface area contributed by atoms with Crippen molar-refractivity contribution >= 4 is 11.9 Å². The number of carbonyl (C=O) groups is 2. The van der Waals surface area contributed by atoms with Crippen LogP contribution in [0.5, 0.6) is 0 Å². The number of piperidine rings is 1. The first-order valence-corrected chi connectivity index (χ1v) is 6.89. The minimum Gasteiger partial charge on any atom is -0.479 e. The normalized spacial score (nSPS) is 23.9. The first kappa shape index (κ1) is 14.5. The molecule has 3 atom stereocenters. The van der Waals surface area contributed by atoms with Gasteiger partial charge in [0.25, 0.3) is 0 Å². The van der Waals surface area contributed by atoms with Gasteiger partial charge in [0.05, 0.1) is 0 Å². The van der Waals surface area contributed by atoms with Crippen LogP contribution in [0.15, 0.2) is 30.3 Å². The second kappa shape index (κ2) is 6.52. The van der Waals surface area contributed by atoms with Gasteiger partial charge < -0.3 is 15.7 Å². The molecule has 1 aromatic rings. The number of aliphatic carboxylic acids is 1. The Balaban J connectivity index is 2.05. The fraction of sp³-hybridized carbons (Fsp3) is 0.467. The topological polar surface area (TPSA) is 78.4 Å². The summed E-state index contributed by atoms with van der Waals surface area (Å²) in [6.07, 6.45) is 1.49. The number of carboxylic acids is 1. The van der Waals surface area contributed by atoms with Crippen LogP contribution in [0.4, 0.5) is 0 Å². The first-order chi connectivity index (χ1) is 9.58. The maximum Gasteiger partial charge on any atom is 0.330 e. The summed E-state index contributed by atoms with van der Waals surface area (Å²) in [5, 5.41) is 15.2. The third-order valence-corrected chi connectivity index (χ3v) is 3.66. The van der Waals surface area contributed by atoms with Gasteiger partial charge in [-0.15, -0.1) is 0 Å². The quantitative estimate of drug-likeness (QED) is 0.775. The molecule has 1 saturated heterocycles. The van der Waals surface area contributed by atoms with E-state index in [9.17, 15) is 14.7 Å². The van der Waals surface area contributed by atoms with E-state index >= 15 is 0 Å². The van der Waals surface area contributed by atoms with E-state index in [1.54, 1.807) is 24.3 Å². The molecule has 3 N–H and O–H groups in total. The van der Waals surface area contributed by atoms with Crippen molar-refractivity contribution in [1.29, 1.82) is 0 Å². The van der Waals surface area contributed by atoms with Gasteiger partial charge in [-0.25, -0.2) is 4.79 Å². The standard InChI is InChI=1S/C15H20N2O3/c1-10-9-12(7-8-16-10)14(18)17-13(15(19)20)11-5-3-2-4-6-11/h2-6,10,12-13,16H,7-9H2,1H3,(H,17,18)(H,19,20)/t10?,12?,13-/m1/s1. The van der Waals surface area contributed by atoms with Gasteiger partial charge in [0.2, 0.25) is 5.91 Å². The molecule has 0 aliphatic carbocycles. The molecule has 1 aromatic carbocycles. The Morgan fingerprint density at radius 1 is 1.35 bits per heavy atom. The molecule has 0 radical (unpaired) electrons. The highest BCUT2D eigenvalue weighted by Crippen LogP contribution is 2.19. The van der Waals surface area contributed by atoms with E-state index in [0.717, 1.165) is 19.4 Å². The lowest BCUT2D eigenvalue weighted by molar-refractivity contribution is -0.142. The predicted octanol–water partition coefficient (Wildman–Crippen LogP) is 1.32. The minimum atomic E-state index is -1.04. The van der Waals surface area contributed by atoms with Crippen molar-refractivity contribution in [1.82, 2.24) is 10.6 Å². The van der Waals surface area contributed by atoms with Gasteiger partial charge in [-0.2, -0.15) is 0 Å². The molecular formula is C15H20N2O3.